The quantitative estimate of drug-likeness (QED) is 0.729. The van der Waals surface area contributed by atoms with Gasteiger partial charge in [-0.3, -0.25) is 15.0 Å². The molecule has 0 heterocycles. The summed E-state index contributed by atoms with van der Waals surface area (Å²) >= 11 is 0. The molecule has 0 bridgehead atoms. The first kappa shape index (κ1) is 22.0. The van der Waals surface area contributed by atoms with Crippen molar-refractivity contribution in [1.29, 1.82) is 0 Å². The van der Waals surface area contributed by atoms with Gasteiger partial charge in [0.15, 0.2) is 0 Å². The van der Waals surface area contributed by atoms with E-state index in [2.05, 4.69) is 5.32 Å². The monoisotopic (exact) mass is 364 g/mol. The summed E-state index contributed by atoms with van der Waals surface area (Å²) in [7, 11) is 1.85. The smallest absolute Gasteiger partial charge is 0.412 e. The molecule has 0 fully saturated rings. The van der Waals surface area contributed by atoms with Gasteiger partial charge in [0.25, 0.3) is 0 Å². The number of carbonyl (C=O) groups is 2. The van der Waals surface area contributed by atoms with Crippen molar-refractivity contribution in [3.8, 4) is 0 Å². The molecule has 1 amide bonds. The van der Waals surface area contributed by atoms with Crippen LogP contribution in [0.2, 0.25) is 0 Å². The molecule has 0 aliphatic heterocycles. The third kappa shape index (κ3) is 7.44. The van der Waals surface area contributed by atoms with E-state index in [1.807, 2.05) is 70.8 Å². The molecule has 0 aliphatic carbocycles. The predicted octanol–water partition coefficient (Wildman–Crippen LogP) is 4.01. The van der Waals surface area contributed by atoms with Crippen molar-refractivity contribution in [2.75, 3.05) is 18.9 Å². The number of benzene rings is 1. The summed E-state index contributed by atoms with van der Waals surface area (Å²) in [6.07, 6.45) is 1.08. The van der Waals surface area contributed by atoms with Crippen molar-refractivity contribution >= 4 is 17.7 Å². The van der Waals surface area contributed by atoms with Crippen LogP contribution in [0.25, 0.3) is 0 Å². The standard InChI is InChI=1S/C20H32N2O4/c1-7-14(2)17(18(23)24)22(6)13-12-15-8-10-16(11-9-15)21-19(25)26-20(3,4)5/h8-11,14,17H,7,12-13H2,1-6H3,(H,21,25)(H,23,24)/t14-,17+/m1/s1. The largest absolute Gasteiger partial charge is 0.480 e. The molecule has 2 N–H and O–H groups in total. The van der Waals surface area contributed by atoms with Gasteiger partial charge in [-0.05, 0) is 57.9 Å². The number of carboxylic acids is 1. The number of anilines is 1. The summed E-state index contributed by atoms with van der Waals surface area (Å²) in [6, 6.07) is 7.03. The highest BCUT2D eigenvalue weighted by atomic mass is 16.6. The Kier molecular flexibility index (Phi) is 8.08. The van der Waals surface area contributed by atoms with E-state index in [-0.39, 0.29) is 5.92 Å². The molecule has 0 unspecified atom stereocenters. The average Bonchev–Trinajstić information content (AvgIpc) is 2.52. The summed E-state index contributed by atoms with van der Waals surface area (Å²) in [5.41, 5.74) is 1.21. The molecule has 0 radical (unpaired) electrons. The number of ether oxygens (including phenoxy) is 1. The predicted molar refractivity (Wildman–Crippen MR) is 104 cm³/mol. The van der Waals surface area contributed by atoms with Crippen LogP contribution < -0.4 is 5.32 Å². The number of likely N-dealkylation sites (N-methyl/N-ethyl adjacent to an activating group) is 1. The molecule has 0 aromatic heterocycles. The minimum atomic E-state index is -0.779. The highest BCUT2D eigenvalue weighted by molar-refractivity contribution is 5.84. The van der Waals surface area contributed by atoms with Crippen LogP contribution in [0.5, 0.6) is 0 Å². The van der Waals surface area contributed by atoms with Crippen LogP contribution in [0, 0.1) is 5.92 Å². The molecular weight excluding hydrogens is 332 g/mol. The molecule has 26 heavy (non-hydrogen) atoms. The van der Waals surface area contributed by atoms with Crippen LogP contribution >= 0.6 is 0 Å². The van der Waals surface area contributed by atoms with Gasteiger partial charge in [0, 0.05) is 12.2 Å². The minimum Gasteiger partial charge on any atom is -0.480 e. The average molecular weight is 364 g/mol. The van der Waals surface area contributed by atoms with Crippen LogP contribution in [0.3, 0.4) is 0 Å². The van der Waals surface area contributed by atoms with Gasteiger partial charge in [-0.1, -0.05) is 32.4 Å². The molecule has 1 rings (SSSR count). The van der Waals surface area contributed by atoms with Crippen molar-refractivity contribution in [1.82, 2.24) is 4.90 Å². The van der Waals surface area contributed by atoms with Crippen molar-refractivity contribution in [2.24, 2.45) is 5.92 Å². The van der Waals surface area contributed by atoms with Crippen LogP contribution in [-0.4, -0.2) is 47.3 Å². The van der Waals surface area contributed by atoms with Crippen LogP contribution in [-0.2, 0) is 16.0 Å². The molecule has 1 aromatic carbocycles. The molecule has 0 saturated heterocycles. The molecule has 146 valence electrons. The van der Waals surface area contributed by atoms with Gasteiger partial charge in [-0.15, -0.1) is 0 Å². The van der Waals surface area contributed by atoms with Gasteiger partial charge in [0.05, 0.1) is 0 Å². The number of rotatable bonds is 8. The van der Waals surface area contributed by atoms with E-state index in [1.165, 1.54) is 0 Å². The maximum absolute atomic E-state index is 11.8. The zero-order chi connectivity index (χ0) is 19.9. The SMILES string of the molecule is CC[C@@H](C)[C@@H](C(=O)O)N(C)CCc1ccc(NC(=O)OC(C)(C)C)cc1. The number of hydrogen-bond donors (Lipinski definition) is 2. The van der Waals surface area contributed by atoms with Crippen LogP contribution in [0.1, 0.15) is 46.6 Å². The summed E-state index contributed by atoms with van der Waals surface area (Å²) in [6.45, 7) is 10.1. The first-order chi connectivity index (χ1) is 12.0. The molecule has 2 atom stereocenters. The van der Waals surface area contributed by atoms with Crippen LogP contribution in [0.15, 0.2) is 24.3 Å². The Balaban J connectivity index is 2.59. The van der Waals surface area contributed by atoms with Gasteiger partial charge in [0.1, 0.15) is 11.6 Å². The molecule has 6 nitrogen and oxygen atoms in total. The number of carboxylic acid groups (broad SMARTS) is 1. The fourth-order valence-electron chi connectivity index (χ4n) is 2.71. The zero-order valence-corrected chi connectivity index (χ0v) is 16.7. The Morgan fingerprint density at radius 3 is 2.27 bits per heavy atom. The van der Waals surface area contributed by atoms with Gasteiger partial charge in [0.2, 0.25) is 0 Å². The Bertz CT molecular complexity index is 593. The molecule has 1 aromatic rings. The molecule has 0 aliphatic rings. The highest BCUT2D eigenvalue weighted by Crippen LogP contribution is 2.16. The lowest BCUT2D eigenvalue weighted by molar-refractivity contribution is -0.144. The Labute approximate surface area is 156 Å². The van der Waals surface area contributed by atoms with E-state index in [0.717, 1.165) is 18.4 Å². The second-order valence-corrected chi connectivity index (χ2v) is 7.72. The number of nitrogens with one attached hydrogen (secondary N) is 1. The Morgan fingerprint density at radius 1 is 1.23 bits per heavy atom. The second-order valence-electron chi connectivity index (χ2n) is 7.72. The number of aliphatic carboxylic acids is 1. The third-order valence-corrected chi connectivity index (χ3v) is 4.26. The maximum atomic E-state index is 11.8. The number of carbonyl (C=O) groups excluding carboxylic acids is 1. The Hall–Kier alpha value is -2.08. The van der Waals surface area contributed by atoms with E-state index in [4.69, 9.17) is 4.74 Å². The summed E-state index contributed by atoms with van der Waals surface area (Å²) in [5.74, 6) is -0.684. The van der Waals surface area contributed by atoms with Crippen molar-refractivity contribution in [3.05, 3.63) is 29.8 Å². The van der Waals surface area contributed by atoms with Crippen molar-refractivity contribution in [2.45, 2.75) is 59.1 Å². The fraction of sp³-hybridized carbons (Fsp3) is 0.600. The molecule has 6 heteroatoms. The fourth-order valence-corrected chi connectivity index (χ4v) is 2.71. The van der Waals surface area contributed by atoms with Crippen molar-refractivity contribution in [3.63, 3.8) is 0 Å². The highest BCUT2D eigenvalue weighted by Gasteiger charge is 2.27. The lowest BCUT2D eigenvalue weighted by Crippen LogP contribution is -2.43. The van der Waals surface area contributed by atoms with E-state index < -0.39 is 23.7 Å². The molecule has 0 spiro atoms. The lowest BCUT2D eigenvalue weighted by atomic mass is 9.97. The third-order valence-electron chi connectivity index (χ3n) is 4.26. The van der Waals surface area contributed by atoms with Gasteiger partial charge >= 0.3 is 12.1 Å². The number of hydrogen-bond acceptors (Lipinski definition) is 4. The topological polar surface area (TPSA) is 78.9 Å². The van der Waals surface area contributed by atoms with Gasteiger partial charge in [-0.25, -0.2) is 4.79 Å². The Morgan fingerprint density at radius 2 is 1.81 bits per heavy atom. The van der Waals surface area contributed by atoms with E-state index >= 15 is 0 Å². The van der Waals surface area contributed by atoms with E-state index in [9.17, 15) is 14.7 Å². The second kappa shape index (κ2) is 9.57. The van der Waals surface area contributed by atoms with Crippen LogP contribution in [0.4, 0.5) is 10.5 Å². The minimum absolute atomic E-state index is 0.0953. The number of amides is 1. The summed E-state index contributed by atoms with van der Waals surface area (Å²) in [5, 5.41) is 12.1. The summed E-state index contributed by atoms with van der Waals surface area (Å²) < 4.78 is 5.22. The lowest BCUT2D eigenvalue weighted by Gasteiger charge is -2.29. The first-order valence-corrected chi connectivity index (χ1v) is 9.05. The first-order valence-electron chi connectivity index (χ1n) is 9.05. The maximum Gasteiger partial charge on any atom is 0.412 e. The van der Waals surface area contributed by atoms with E-state index in [0.29, 0.717) is 12.2 Å². The molecular formula is C20H32N2O4. The molecule has 0 saturated carbocycles. The van der Waals surface area contributed by atoms with Gasteiger partial charge < -0.3 is 9.84 Å². The van der Waals surface area contributed by atoms with Gasteiger partial charge in [-0.2, -0.15) is 0 Å². The normalized spacial score (nSPS) is 14.0. The number of nitrogens with zero attached hydrogens (tertiary/aromatic N) is 1. The zero-order valence-electron chi connectivity index (χ0n) is 16.7. The van der Waals surface area contributed by atoms with Crippen molar-refractivity contribution < 1.29 is 19.4 Å². The van der Waals surface area contributed by atoms with E-state index in [1.54, 1.807) is 0 Å². The summed E-state index contributed by atoms with van der Waals surface area (Å²) in [4.78, 5) is 25.2.